The molecule has 0 amide bonds. The minimum atomic E-state index is 0.595. The molecule has 45 heavy (non-hydrogen) atoms. The fourth-order valence-electron chi connectivity index (χ4n) is 5.44. The van der Waals surface area contributed by atoms with E-state index in [1.165, 1.54) is 0 Å². The SMILES string of the molecule is Cc1[nH]n(-c2ccccc2)c(=S)c1C(=NCCCN=C(c1ccccc1)c1c(C)[nH]n(-c2ccccc2)c1=S)c1ccccc1. The van der Waals surface area contributed by atoms with Crippen molar-refractivity contribution in [3.8, 4) is 11.4 Å². The van der Waals surface area contributed by atoms with Gasteiger partial charge in [0.15, 0.2) is 0 Å². The zero-order valence-corrected chi connectivity index (χ0v) is 26.9. The minimum absolute atomic E-state index is 0.595. The summed E-state index contributed by atoms with van der Waals surface area (Å²) in [6, 6.07) is 40.7. The Morgan fingerprint density at radius 1 is 0.533 bits per heavy atom. The average Bonchev–Trinajstić information content (AvgIpc) is 3.55. The summed E-state index contributed by atoms with van der Waals surface area (Å²) in [5.74, 6) is 0. The average molecular weight is 627 g/mol. The fraction of sp³-hybridized carbons (Fsp3) is 0.135. The van der Waals surface area contributed by atoms with E-state index in [0.717, 1.165) is 62.9 Å². The third-order valence-corrected chi connectivity index (χ3v) is 8.37. The van der Waals surface area contributed by atoms with Gasteiger partial charge in [0.2, 0.25) is 0 Å². The lowest BCUT2D eigenvalue weighted by Gasteiger charge is -2.08. The van der Waals surface area contributed by atoms with Crippen LogP contribution >= 0.6 is 24.4 Å². The largest absolute Gasteiger partial charge is 0.297 e. The van der Waals surface area contributed by atoms with Crippen LogP contribution in [0, 0.1) is 23.1 Å². The molecular formula is C37H34N6S2. The van der Waals surface area contributed by atoms with Crippen molar-refractivity contribution in [2.24, 2.45) is 9.98 Å². The van der Waals surface area contributed by atoms with Gasteiger partial charge in [-0.3, -0.25) is 20.2 Å². The first-order valence-corrected chi connectivity index (χ1v) is 15.8. The molecule has 0 unspecified atom stereocenters. The van der Waals surface area contributed by atoms with Gasteiger partial charge in [0, 0.05) is 35.6 Å². The van der Waals surface area contributed by atoms with E-state index in [2.05, 4.69) is 34.5 Å². The smallest absolute Gasteiger partial charge is 0.137 e. The Morgan fingerprint density at radius 2 is 0.867 bits per heavy atom. The Kier molecular flexibility index (Phi) is 9.24. The molecule has 224 valence electrons. The van der Waals surface area contributed by atoms with Crippen LogP contribution in [-0.2, 0) is 0 Å². The first kappa shape index (κ1) is 30.1. The van der Waals surface area contributed by atoms with Crippen LogP contribution in [0.5, 0.6) is 0 Å². The van der Waals surface area contributed by atoms with Gasteiger partial charge in [-0.05, 0) is 44.5 Å². The number of hydrogen-bond acceptors (Lipinski definition) is 4. The van der Waals surface area contributed by atoms with Gasteiger partial charge >= 0.3 is 0 Å². The van der Waals surface area contributed by atoms with Crippen molar-refractivity contribution in [3.63, 3.8) is 0 Å². The number of aromatic nitrogens is 4. The van der Waals surface area contributed by atoms with Crippen LogP contribution in [0.3, 0.4) is 0 Å². The molecule has 0 fully saturated rings. The van der Waals surface area contributed by atoms with Crippen molar-refractivity contribution in [3.05, 3.63) is 164 Å². The fourth-order valence-corrected chi connectivity index (χ4v) is 6.24. The van der Waals surface area contributed by atoms with Gasteiger partial charge in [0.05, 0.1) is 33.9 Å². The first-order chi connectivity index (χ1) is 22.0. The van der Waals surface area contributed by atoms with Crippen LogP contribution in [0.4, 0.5) is 0 Å². The molecule has 6 nitrogen and oxygen atoms in total. The Balaban J connectivity index is 1.31. The molecule has 6 rings (SSSR count). The summed E-state index contributed by atoms with van der Waals surface area (Å²) in [5, 5.41) is 6.90. The maximum absolute atomic E-state index is 5.99. The Labute approximate surface area is 273 Å². The molecule has 0 saturated heterocycles. The molecule has 2 aromatic heterocycles. The monoisotopic (exact) mass is 626 g/mol. The highest BCUT2D eigenvalue weighted by molar-refractivity contribution is 7.71. The molecule has 8 heteroatoms. The van der Waals surface area contributed by atoms with Gasteiger partial charge in [-0.2, -0.15) is 0 Å². The second kappa shape index (κ2) is 13.8. The van der Waals surface area contributed by atoms with Crippen LogP contribution in [0.2, 0.25) is 0 Å². The van der Waals surface area contributed by atoms with Gasteiger partial charge in [-0.15, -0.1) is 0 Å². The van der Waals surface area contributed by atoms with Gasteiger partial charge in [-0.25, -0.2) is 9.36 Å². The molecule has 0 atom stereocenters. The van der Waals surface area contributed by atoms with E-state index < -0.39 is 0 Å². The molecule has 0 radical (unpaired) electrons. The van der Waals surface area contributed by atoms with E-state index in [1.807, 2.05) is 120 Å². The second-order valence-corrected chi connectivity index (χ2v) is 11.5. The third kappa shape index (κ3) is 6.48. The van der Waals surface area contributed by atoms with Gasteiger partial charge in [0.1, 0.15) is 9.28 Å². The van der Waals surface area contributed by atoms with Crippen LogP contribution in [0.25, 0.3) is 11.4 Å². The number of rotatable bonds is 10. The van der Waals surface area contributed by atoms with Crippen LogP contribution in [0.15, 0.2) is 131 Å². The lowest BCUT2D eigenvalue weighted by molar-refractivity contribution is 0.846. The van der Waals surface area contributed by atoms with Crippen molar-refractivity contribution in [2.45, 2.75) is 20.3 Å². The number of aromatic amines is 2. The Morgan fingerprint density at radius 3 is 1.22 bits per heavy atom. The third-order valence-electron chi connectivity index (χ3n) is 7.60. The second-order valence-electron chi connectivity index (χ2n) is 10.7. The summed E-state index contributed by atoms with van der Waals surface area (Å²) in [5.41, 5.74) is 9.64. The highest BCUT2D eigenvalue weighted by Crippen LogP contribution is 2.22. The van der Waals surface area contributed by atoms with E-state index in [1.54, 1.807) is 0 Å². The van der Waals surface area contributed by atoms with Gasteiger partial charge in [0.25, 0.3) is 0 Å². The molecule has 2 heterocycles. The van der Waals surface area contributed by atoms with Crippen molar-refractivity contribution in [1.82, 2.24) is 19.6 Å². The van der Waals surface area contributed by atoms with E-state index in [-0.39, 0.29) is 0 Å². The topological polar surface area (TPSA) is 66.2 Å². The van der Waals surface area contributed by atoms with E-state index in [9.17, 15) is 0 Å². The number of benzene rings is 4. The number of aliphatic imine (C=N–C) groups is 2. The quantitative estimate of drug-likeness (QED) is 0.0907. The predicted molar refractivity (Wildman–Crippen MR) is 190 cm³/mol. The zero-order chi connectivity index (χ0) is 31.2. The molecule has 0 aliphatic carbocycles. The standard InChI is InChI=1S/C37H34N6S2/c1-26-32(36(44)42(40-26)30-20-11-5-12-21-30)34(28-16-7-3-8-17-28)38-24-15-25-39-35(29-18-9-4-10-19-29)33-27(2)41-43(37(33)45)31-22-13-6-14-23-31/h3-14,16-23,40-41H,15,24-25H2,1-2H3. The van der Waals surface area contributed by atoms with Crippen molar-refractivity contribution >= 4 is 35.9 Å². The summed E-state index contributed by atoms with van der Waals surface area (Å²) in [4.78, 5) is 10.3. The number of H-pyrrole nitrogens is 2. The van der Waals surface area contributed by atoms with E-state index in [0.29, 0.717) is 22.4 Å². The van der Waals surface area contributed by atoms with Crippen LogP contribution < -0.4 is 0 Å². The molecule has 6 aromatic rings. The summed E-state index contributed by atoms with van der Waals surface area (Å²) >= 11 is 12.0. The zero-order valence-electron chi connectivity index (χ0n) is 25.3. The number of nitrogens with one attached hydrogen (secondary N) is 2. The summed E-state index contributed by atoms with van der Waals surface area (Å²) in [6.07, 6.45) is 0.760. The lowest BCUT2D eigenvalue weighted by Crippen LogP contribution is -2.08. The predicted octanol–water partition coefficient (Wildman–Crippen LogP) is 8.77. The van der Waals surface area contributed by atoms with Crippen molar-refractivity contribution in [2.75, 3.05) is 13.1 Å². The minimum Gasteiger partial charge on any atom is -0.297 e. The molecular weight excluding hydrogens is 593 g/mol. The first-order valence-electron chi connectivity index (χ1n) is 15.0. The van der Waals surface area contributed by atoms with Crippen LogP contribution in [-0.4, -0.2) is 44.1 Å². The number of nitrogens with zero attached hydrogens (tertiary/aromatic N) is 4. The maximum atomic E-state index is 5.99. The highest BCUT2D eigenvalue weighted by atomic mass is 32.1. The summed E-state index contributed by atoms with van der Waals surface area (Å²) in [6.45, 7) is 5.29. The summed E-state index contributed by atoms with van der Waals surface area (Å²) < 4.78 is 5.31. The van der Waals surface area contributed by atoms with Gasteiger partial charge < -0.3 is 0 Å². The number of hydrogen-bond donors (Lipinski definition) is 2. The number of aryl methyl sites for hydroxylation is 2. The summed E-state index contributed by atoms with van der Waals surface area (Å²) in [7, 11) is 0. The van der Waals surface area contributed by atoms with Crippen molar-refractivity contribution in [1.29, 1.82) is 0 Å². The van der Waals surface area contributed by atoms with Crippen LogP contribution in [0.1, 0.15) is 40.1 Å². The lowest BCUT2D eigenvalue weighted by atomic mass is 10.0. The molecule has 0 spiro atoms. The van der Waals surface area contributed by atoms with Crippen molar-refractivity contribution < 1.29 is 0 Å². The Bertz CT molecular complexity index is 1920. The Hall–Kier alpha value is -4.92. The number of para-hydroxylation sites is 2. The molecule has 4 aromatic carbocycles. The molecule has 0 bridgehead atoms. The molecule has 2 N–H and O–H groups in total. The molecule has 0 aliphatic rings. The normalized spacial score (nSPS) is 12.0. The molecule has 0 aliphatic heterocycles. The van der Waals surface area contributed by atoms with E-state index in [4.69, 9.17) is 34.4 Å². The highest BCUT2D eigenvalue weighted by Gasteiger charge is 2.18. The molecule has 0 saturated carbocycles. The maximum Gasteiger partial charge on any atom is 0.137 e. The van der Waals surface area contributed by atoms with Gasteiger partial charge in [-0.1, -0.05) is 121 Å². The van der Waals surface area contributed by atoms with E-state index >= 15 is 0 Å².